The van der Waals surface area contributed by atoms with Gasteiger partial charge in [0.15, 0.2) is 0 Å². The first-order valence-electron chi connectivity index (χ1n) is 6.73. The van der Waals surface area contributed by atoms with Gasteiger partial charge in [0.2, 0.25) is 0 Å². The zero-order valence-electron chi connectivity index (χ0n) is 11.6. The van der Waals surface area contributed by atoms with E-state index < -0.39 is 11.7 Å². The summed E-state index contributed by atoms with van der Waals surface area (Å²) >= 11 is 0. The molecule has 1 aromatic carbocycles. The molecule has 0 saturated heterocycles. The molecule has 1 unspecified atom stereocenters. The maximum Gasteiger partial charge on any atom is 0.128 e. The van der Waals surface area contributed by atoms with Crippen LogP contribution in [0.1, 0.15) is 43.8 Å². The van der Waals surface area contributed by atoms with Gasteiger partial charge in [-0.25, -0.2) is 0 Å². The van der Waals surface area contributed by atoms with Crippen molar-refractivity contribution in [2.45, 2.75) is 43.8 Å². The van der Waals surface area contributed by atoms with Crippen LogP contribution in [0.15, 0.2) is 18.2 Å². The molecule has 2 rings (SSSR count). The van der Waals surface area contributed by atoms with Crippen molar-refractivity contribution in [2.24, 2.45) is 0 Å². The Bertz CT molecular complexity index is 424. The smallest absolute Gasteiger partial charge is 0.128 e. The van der Waals surface area contributed by atoms with Gasteiger partial charge in [0.25, 0.3) is 0 Å². The molecule has 0 radical (unpaired) electrons. The first-order chi connectivity index (χ1) is 9.10. The van der Waals surface area contributed by atoms with E-state index in [0.717, 1.165) is 19.3 Å². The van der Waals surface area contributed by atoms with Crippen LogP contribution in [0.25, 0.3) is 0 Å². The van der Waals surface area contributed by atoms with Crippen LogP contribution in [0.4, 0.5) is 0 Å². The summed E-state index contributed by atoms with van der Waals surface area (Å²) in [4.78, 5) is 0. The summed E-state index contributed by atoms with van der Waals surface area (Å²) in [6, 6.07) is 5.26. The lowest BCUT2D eigenvalue weighted by atomic mass is 9.78. The Kier molecular flexibility index (Phi) is 4.32. The lowest BCUT2D eigenvalue weighted by Gasteiger charge is -2.37. The largest absolute Gasteiger partial charge is 0.497 e. The maximum atomic E-state index is 10.6. The quantitative estimate of drug-likeness (QED) is 0.878. The number of benzene rings is 1. The second kappa shape index (κ2) is 5.80. The van der Waals surface area contributed by atoms with E-state index in [2.05, 4.69) is 0 Å². The SMILES string of the molecule is COc1ccc(C(O)C2(O)CCCCC2)c(OC)c1. The monoisotopic (exact) mass is 266 g/mol. The zero-order chi connectivity index (χ0) is 13.9. The van der Waals surface area contributed by atoms with Gasteiger partial charge >= 0.3 is 0 Å². The van der Waals surface area contributed by atoms with E-state index in [9.17, 15) is 10.2 Å². The summed E-state index contributed by atoms with van der Waals surface area (Å²) in [5.41, 5.74) is -0.423. The van der Waals surface area contributed by atoms with Crippen LogP contribution in [-0.4, -0.2) is 30.0 Å². The molecule has 0 spiro atoms. The Hall–Kier alpha value is -1.26. The molecule has 1 aromatic rings. The van der Waals surface area contributed by atoms with Crippen molar-refractivity contribution in [3.05, 3.63) is 23.8 Å². The Labute approximate surface area is 114 Å². The Balaban J connectivity index is 2.29. The average molecular weight is 266 g/mol. The van der Waals surface area contributed by atoms with E-state index in [-0.39, 0.29) is 0 Å². The molecule has 0 heterocycles. The summed E-state index contributed by atoms with van der Waals surface area (Å²) in [7, 11) is 3.13. The number of rotatable bonds is 4. The van der Waals surface area contributed by atoms with E-state index in [1.54, 1.807) is 32.4 Å². The predicted molar refractivity (Wildman–Crippen MR) is 72.5 cm³/mol. The third-order valence-corrected chi connectivity index (χ3v) is 3.96. The number of methoxy groups -OCH3 is 2. The van der Waals surface area contributed by atoms with Crippen LogP contribution in [0, 0.1) is 0 Å². The summed E-state index contributed by atoms with van der Waals surface area (Å²) in [6.07, 6.45) is 3.35. The Morgan fingerprint density at radius 1 is 1.11 bits per heavy atom. The molecule has 1 saturated carbocycles. The molecule has 4 heteroatoms. The summed E-state index contributed by atoms with van der Waals surface area (Å²) in [5, 5.41) is 21.1. The second-order valence-electron chi connectivity index (χ2n) is 5.17. The molecule has 4 nitrogen and oxygen atoms in total. The lowest BCUT2D eigenvalue weighted by Crippen LogP contribution is -2.38. The van der Waals surface area contributed by atoms with Crippen LogP contribution < -0.4 is 9.47 Å². The first kappa shape index (κ1) is 14.2. The molecule has 1 fully saturated rings. The van der Waals surface area contributed by atoms with Crippen LogP contribution in [0.5, 0.6) is 11.5 Å². The van der Waals surface area contributed by atoms with Crippen molar-refractivity contribution >= 4 is 0 Å². The molecule has 0 aromatic heterocycles. The van der Waals surface area contributed by atoms with Gasteiger partial charge in [-0.15, -0.1) is 0 Å². The van der Waals surface area contributed by atoms with Crippen molar-refractivity contribution in [3.63, 3.8) is 0 Å². The number of aliphatic hydroxyl groups is 2. The van der Waals surface area contributed by atoms with E-state index in [1.807, 2.05) is 0 Å². The average Bonchev–Trinajstić information content (AvgIpc) is 2.46. The fraction of sp³-hybridized carbons (Fsp3) is 0.600. The minimum atomic E-state index is -1.04. The van der Waals surface area contributed by atoms with Crippen molar-refractivity contribution in [1.82, 2.24) is 0 Å². The number of aliphatic hydroxyl groups excluding tert-OH is 1. The van der Waals surface area contributed by atoms with E-state index >= 15 is 0 Å². The minimum absolute atomic E-state index is 0.547. The van der Waals surface area contributed by atoms with Gasteiger partial charge in [-0.2, -0.15) is 0 Å². The highest BCUT2D eigenvalue weighted by atomic mass is 16.5. The van der Waals surface area contributed by atoms with Crippen LogP contribution in [-0.2, 0) is 0 Å². The summed E-state index contributed by atoms with van der Waals surface area (Å²) in [5.74, 6) is 1.22. The van der Waals surface area contributed by atoms with Gasteiger partial charge in [-0.05, 0) is 25.0 Å². The highest BCUT2D eigenvalue weighted by Gasteiger charge is 2.38. The summed E-state index contributed by atoms with van der Waals surface area (Å²) in [6.45, 7) is 0. The predicted octanol–water partition coefficient (Wildman–Crippen LogP) is 2.43. The third-order valence-electron chi connectivity index (χ3n) is 3.96. The molecule has 1 aliphatic rings. The van der Waals surface area contributed by atoms with Crippen molar-refractivity contribution in [2.75, 3.05) is 14.2 Å². The molecule has 0 amide bonds. The van der Waals surface area contributed by atoms with Gasteiger partial charge in [-0.3, -0.25) is 0 Å². The molecule has 106 valence electrons. The molecule has 0 bridgehead atoms. The van der Waals surface area contributed by atoms with Gasteiger partial charge in [0, 0.05) is 11.6 Å². The minimum Gasteiger partial charge on any atom is -0.497 e. The van der Waals surface area contributed by atoms with Crippen LogP contribution in [0.3, 0.4) is 0 Å². The third kappa shape index (κ3) is 2.85. The fourth-order valence-corrected chi connectivity index (χ4v) is 2.77. The molecule has 0 aliphatic heterocycles. The molecule has 1 aliphatic carbocycles. The molecule has 2 N–H and O–H groups in total. The number of hydrogen-bond donors (Lipinski definition) is 2. The maximum absolute atomic E-state index is 10.6. The Morgan fingerprint density at radius 2 is 1.79 bits per heavy atom. The number of hydrogen-bond acceptors (Lipinski definition) is 4. The van der Waals surface area contributed by atoms with Crippen LogP contribution >= 0.6 is 0 Å². The molecule has 1 atom stereocenters. The standard InChI is InChI=1S/C15H22O4/c1-18-11-6-7-12(13(10-11)19-2)14(16)15(17)8-4-3-5-9-15/h6-7,10,14,16-17H,3-5,8-9H2,1-2H3. The van der Waals surface area contributed by atoms with Crippen molar-refractivity contribution in [1.29, 1.82) is 0 Å². The van der Waals surface area contributed by atoms with Gasteiger partial charge in [0.1, 0.15) is 17.6 Å². The van der Waals surface area contributed by atoms with Gasteiger partial charge in [0.05, 0.1) is 19.8 Å². The second-order valence-corrected chi connectivity index (χ2v) is 5.17. The van der Waals surface area contributed by atoms with E-state index in [4.69, 9.17) is 9.47 Å². The van der Waals surface area contributed by atoms with E-state index in [1.165, 1.54) is 0 Å². The highest BCUT2D eigenvalue weighted by Crippen LogP contribution is 2.41. The Morgan fingerprint density at radius 3 is 2.37 bits per heavy atom. The van der Waals surface area contributed by atoms with Crippen LogP contribution in [0.2, 0.25) is 0 Å². The topological polar surface area (TPSA) is 58.9 Å². The van der Waals surface area contributed by atoms with Crippen molar-refractivity contribution < 1.29 is 19.7 Å². The molecular weight excluding hydrogens is 244 g/mol. The normalized spacial score (nSPS) is 19.8. The van der Waals surface area contributed by atoms with Crippen molar-refractivity contribution in [3.8, 4) is 11.5 Å². The molecule has 19 heavy (non-hydrogen) atoms. The molecular formula is C15H22O4. The van der Waals surface area contributed by atoms with Gasteiger partial charge < -0.3 is 19.7 Å². The lowest BCUT2D eigenvalue weighted by molar-refractivity contribution is -0.0998. The zero-order valence-corrected chi connectivity index (χ0v) is 11.6. The highest BCUT2D eigenvalue weighted by molar-refractivity contribution is 5.42. The first-order valence-corrected chi connectivity index (χ1v) is 6.73. The number of ether oxygens (including phenoxy) is 2. The van der Waals surface area contributed by atoms with E-state index in [0.29, 0.717) is 29.9 Å². The summed E-state index contributed by atoms with van der Waals surface area (Å²) < 4.78 is 10.4. The fourth-order valence-electron chi connectivity index (χ4n) is 2.77. The van der Waals surface area contributed by atoms with Gasteiger partial charge in [-0.1, -0.05) is 19.3 Å².